The summed E-state index contributed by atoms with van der Waals surface area (Å²) in [5.74, 6) is 0.766. The van der Waals surface area contributed by atoms with E-state index in [4.69, 9.17) is 33.3 Å². The number of aromatic nitrogens is 3. The SMILES string of the molecule is COc1ccc(NC(=O)c2cccn2-c2nnc(NC(=S)Nc3ccc(Cl)cc3)s2)cc1OC. The maximum atomic E-state index is 12.9. The fraction of sp³-hybridized carbons (Fsp3) is 0.0909. The van der Waals surface area contributed by atoms with Crippen molar-refractivity contribution in [1.29, 1.82) is 0 Å². The number of carbonyl (C=O) groups is 1. The van der Waals surface area contributed by atoms with Crippen molar-refractivity contribution in [2.45, 2.75) is 0 Å². The molecule has 3 N–H and O–H groups in total. The molecule has 2 heterocycles. The topological polar surface area (TPSA) is 102 Å². The number of rotatable bonds is 7. The van der Waals surface area contributed by atoms with Crippen LogP contribution in [0, 0.1) is 0 Å². The van der Waals surface area contributed by atoms with Crippen LogP contribution in [0.25, 0.3) is 5.13 Å². The Morgan fingerprint density at radius 1 is 0.971 bits per heavy atom. The summed E-state index contributed by atoms with van der Waals surface area (Å²) in [7, 11) is 3.08. The van der Waals surface area contributed by atoms with E-state index in [1.807, 2.05) is 12.1 Å². The van der Waals surface area contributed by atoms with Crippen LogP contribution in [0.5, 0.6) is 11.5 Å². The summed E-state index contributed by atoms with van der Waals surface area (Å²) in [5.41, 5.74) is 1.74. The zero-order chi connectivity index (χ0) is 24.1. The van der Waals surface area contributed by atoms with Gasteiger partial charge in [0.25, 0.3) is 5.91 Å². The molecule has 4 rings (SSSR count). The van der Waals surface area contributed by atoms with Gasteiger partial charge in [-0.1, -0.05) is 22.9 Å². The standard InChI is InChI=1S/C22H19ClN6O3S2/c1-31-17-10-9-15(12-18(17)32-2)24-19(30)16-4-3-11-29(16)22-28-27-21(34-22)26-20(33)25-14-7-5-13(23)6-8-14/h3-12H,1-2H3,(H,24,30)(H2,25,26,27,33). The third-order valence-electron chi connectivity index (χ3n) is 4.57. The summed E-state index contributed by atoms with van der Waals surface area (Å²) < 4.78 is 12.2. The summed E-state index contributed by atoms with van der Waals surface area (Å²) in [6.07, 6.45) is 1.73. The van der Waals surface area contributed by atoms with Gasteiger partial charge in [-0.15, -0.1) is 10.2 Å². The van der Waals surface area contributed by atoms with E-state index >= 15 is 0 Å². The van der Waals surface area contributed by atoms with E-state index < -0.39 is 0 Å². The van der Waals surface area contributed by atoms with Crippen molar-refractivity contribution >= 4 is 62.7 Å². The Balaban J connectivity index is 1.45. The van der Waals surface area contributed by atoms with Gasteiger partial charge in [-0.3, -0.25) is 9.36 Å². The molecular formula is C22H19ClN6O3S2. The van der Waals surface area contributed by atoms with Crippen LogP contribution in [0.15, 0.2) is 60.8 Å². The number of hydrogen-bond acceptors (Lipinski definition) is 7. The Morgan fingerprint density at radius 3 is 2.44 bits per heavy atom. The zero-order valence-corrected chi connectivity index (χ0v) is 20.4. The van der Waals surface area contributed by atoms with Crippen LogP contribution in [0.4, 0.5) is 16.5 Å². The van der Waals surface area contributed by atoms with Gasteiger partial charge in [-0.2, -0.15) is 0 Å². The minimum Gasteiger partial charge on any atom is -0.493 e. The van der Waals surface area contributed by atoms with Crippen LogP contribution in [0.2, 0.25) is 5.02 Å². The minimum absolute atomic E-state index is 0.318. The van der Waals surface area contributed by atoms with Crippen molar-refractivity contribution in [2.24, 2.45) is 0 Å². The van der Waals surface area contributed by atoms with E-state index in [-0.39, 0.29) is 5.91 Å². The number of nitrogens with one attached hydrogen (secondary N) is 3. The number of hydrogen-bond donors (Lipinski definition) is 3. The highest BCUT2D eigenvalue weighted by atomic mass is 35.5. The fourth-order valence-corrected chi connectivity index (χ4v) is 4.15. The van der Waals surface area contributed by atoms with Crippen LogP contribution in [0.1, 0.15) is 10.5 Å². The van der Waals surface area contributed by atoms with Crippen LogP contribution in [-0.2, 0) is 0 Å². The minimum atomic E-state index is -0.318. The molecule has 0 aliphatic heterocycles. The molecule has 0 bridgehead atoms. The maximum absolute atomic E-state index is 12.9. The summed E-state index contributed by atoms with van der Waals surface area (Å²) in [5, 5.41) is 19.2. The average molecular weight is 515 g/mol. The number of ether oxygens (including phenoxy) is 2. The number of amides is 1. The van der Waals surface area contributed by atoms with Crippen molar-refractivity contribution in [1.82, 2.24) is 14.8 Å². The molecule has 34 heavy (non-hydrogen) atoms. The van der Waals surface area contributed by atoms with Crippen molar-refractivity contribution in [3.63, 3.8) is 0 Å². The van der Waals surface area contributed by atoms with E-state index in [2.05, 4.69) is 26.1 Å². The molecule has 0 fully saturated rings. The van der Waals surface area contributed by atoms with Gasteiger partial charge in [0.1, 0.15) is 5.69 Å². The molecule has 0 saturated carbocycles. The Morgan fingerprint density at radius 2 is 1.71 bits per heavy atom. The molecule has 12 heteroatoms. The highest BCUT2D eigenvalue weighted by Gasteiger charge is 2.17. The molecule has 0 unspecified atom stereocenters. The Labute approximate surface area is 209 Å². The number of halogens is 1. The van der Waals surface area contributed by atoms with Crippen molar-refractivity contribution in [3.8, 4) is 16.6 Å². The molecule has 0 saturated heterocycles. The molecule has 0 spiro atoms. The molecule has 174 valence electrons. The Bertz CT molecular complexity index is 1320. The molecule has 0 radical (unpaired) electrons. The van der Waals surface area contributed by atoms with E-state index in [9.17, 15) is 4.79 Å². The normalized spacial score (nSPS) is 10.4. The lowest BCUT2D eigenvalue weighted by Crippen LogP contribution is -2.18. The Hall–Kier alpha value is -3.67. The average Bonchev–Trinajstić information content (AvgIpc) is 3.50. The second-order valence-electron chi connectivity index (χ2n) is 6.76. The summed E-state index contributed by atoms with van der Waals surface area (Å²) >= 11 is 12.5. The van der Waals surface area contributed by atoms with Gasteiger partial charge in [0, 0.05) is 28.7 Å². The second-order valence-corrected chi connectivity index (χ2v) is 8.56. The molecule has 4 aromatic rings. The van der Waals surface area contributed by atoms with E-state index in [1.165, 1.54) is 18.4 Å². The van der Waals surface area contributed by atoms with Gasteiger partial charge < -0.3 is 25.4 Å². The van der Waals surface area contributed by atoms with Crippen molar-refractivity contribution in [3.05, 3.63) is 71.5 Å². The van der Waals surface area contributed by atoms with E-state index in [0.717, 1.165) is 5.69 Å². The van der Waals surface area contributed by atoms with Crippen LogP contribution < -0.4 is 25.4 Å². The van der Waals surface area contributed by atoms with Gasteiger partial charge in [-0.25, -0.2) is 0 Å². The highest BCUT2D eigenvalue weighted by molar-refractivity contribution is 7.80. The summed E-state index contributed by atoms with van der Waals surface area (Å²) in [6.45, 7) is 0. The molecule has 2 aromatic heterocycles. The van der Waals surface area contributed by atoms with Gasteiger partial charge in [-0.05, 0) is 60.7 Å². The number of thiocarbonyl (C=S) groups is 1. The Kier molecular flexibility index (Phi) is 7.26. The lowest BCUT2D eigenvalue weighted by atomic mass is 10.2. The third kappa shape index (κ3) is 5.45. The van der Waals surface area contributed by atoms with E-state index in [1.54, 1.807) is 60.3 Å². The quantitative estimate of drug-likeness (QED) is 0.294. The van der Waals surface area contributed by atoms with Crippen molar-refractivity contribution in [2.75, 3.05) is 30.2 Å². The lowest BCUT2D eigenvalue weighted by molar-refractivity contribution is 0.102. The van der Waals surface area contributed by atoms with Crippen LogP contribution >= 0.6 is 35.2 Å². The maximum Gasteiger partial charge on any atom is 0.272 e. The van der Waals surface area contributed by atoms with Gasteiger partial charge in [0.05, 0.1) is 14.2 Å². The highest BCUT2D eigenvalue weighted by Crippen LogP contribution is 2.30. The predicted octanol–water partition coefficient (Wildman–Crippen LogP) is 5.06. The van der Waals surface area contributed by atoms with Crippen molar-refractivity contribution < 1.29 is 14.3 Å². The first kappa shape index (κ1) is 23.5. The summed E-state index contributed by atoms with van der Waals surface area (Å²) in [6, 6.07) is 15.7. The van der Waals surface area contributed by atoms with Gasteiger partial charge in [0.2, 0.25) is 10.3 Å². The smallest absolute Gasteiger partial charge is 0.272 e. The number of carbonyl (C=O) groups excluding carboxylic acids is 1. The first-order chi connectivity index (χ1) is 16.5. The molecule has 9 nitrogen and oxygen atoms in total. The number of anilines is 3. The second kappa shape index (κ2) is 10.5. The number of methoxy groups -OCH3 is 2. The largest absolute Gasteiger partial charge is 0.493 e. The molecule has 2 aromatic carbocycles. The van der Waals surface area contributed by atoms with Crippen LogP contribution in [-0.4, -0.2) is 40.0 Å². The predicted molar refractivity (Wildman–Crippen MR) is 138 cm³/mol. The summed E-state index contributed by atoms with van der Waals surface area (Å²) in [4.78, 5) is 12.9. The zero-order valence-electron chi connectivity index (χ0n) is 18.0. The molecule has 0 aliphatic carbocycles. The number of nitrogens with zero attached hydrogens (tertiary/aromatic N) is 3. The fourth-order valence-electron chi connectivity index (χ4n) is 3.00. The number of benzene rings is 2. The molecule has 1 amide bonds. The van der Waals surface area contributed by atoms with Gasteiger partial charge >= 0.3 is 0 Å². The lowest BCUT2D eigenvalue weighted by Gasteiger charge is -2.11. The molecule has 0 aliphatic rings. The monoisotopic (exact) mass is 514 g/mol. The molecular weight excluding hydrogens is 496 g/mol. The van der Waals surface area contributed by atoms with Gasteiger partial charge in [0.15, 0.2) is 16.6 Å². The first-order valence-electron chi connectivity index (χ1n) is 9.85. The third-order valence-corrected chi connectivity index (χ3v) is 5.86. The molecule has 0 atom stereocenters. The van der Waals surface area contributed by atoms with Crippen LogP contribution in [0.3, 0.4) is 0 Å². The first-order valence-corrected chi connectivity index (χ1v) is 11.5. The van der Waals surface area contributed by atoms with E-state index in [0.29, 0.717) is 43.3 Å².